The highest BCUT2D eigenvalue weighted by atomic mass is 16.5. The first-order valence-corrected chi connectivity index (χ1v) is 7.45. The van der Waals surface area contributed by atoms with Gasteiger partial charge in [-0.05, 0) is 38.4 Å². The fourth-order valence-corrected chi connectivity index (χ4v) is 2.42. The number of nitrogens with zero attached hydrogens (tertiary/aromatic N) is 1. The van der Waals surface area contributed by atoms with Gasteiger partial charge >= 0.3 is 0 Å². The fourth-order valence-electron chi connectivity index (χ4n) is 2.42. The monoisotopic (exact) mass is 276 g/mol. The van der Waals surface area contributed by atoms with Gasteiger partial charge in [0.15, 0.2) is 0 Å². The summed E-state index contributed by atoms with van der Waals surface area (Å²) in [6, 6.07) is 10.1. The van der Waals surface area contributed by atoms with E-state index in [4.69, 9.17) is 4.74 Å². The quantitative estimate of drug-likeness (QED) is 0.837. The fraction of sp³-hybridized carbons (Fsp3) is 0.562. The topological polar surface area (TPSA) is 41.6 Å². The van der Waals surface area contributed by atoms with Gasteiger partial charge in [-0.3, -0.25) is 4.79 Å². The summed E-state index contributed by atoms with van der Waals surface area (Å²) in [4.78, 5) is 14.1. The van der Waals surface area contributed by atoms with Crippen molar-refractivity contribution in [1.82, 2.24) is 10.2 Å². The Kier molecular flexibility index (Phi) is 5.87. The van der Waals surface area contributed by atoms with Crippen LogP contribution in [-0.2, 0) is 4.79 Å². The molecule has 110 valence electrons. The number of para-hydroxylation sites is 1. The molecule has 20 heavy (non-hydrogen) atoms. The van der Waals surface area contributed by atoms with Crippen molar-refractivity contribution in [1.29, 1.82) is 0 Å². The van der Waals surface area contributed by atoms with Crippen LogP contribution in [-0.4, -0.2) is 43.1 Å². The number of hydrogen-bond acceptors (Lipinski definition) is 3. The largest absolute Gasteiger partial charge is 0.494 e. The zero-order valence-electron chi connectivity index (χ0n) is 12.2. The van der Waals surface area contributed by atoms with Gasteiger partial charge in [-0.1, -0.05) is 18.2 Å². The molecule has 0 aromatic heterocycles. The van der Waals surface area contributed by atoms with Crippen LogP contribution in [0.1, 0.15) is 26.2 Å². The Morgan fingerprint density at radius 2 is 2.20 bits per heavy atom. The number of ether oxygens (including phenoxy) is 1. The maximum atomic E-state index is 12.2. The molecule has 1 aliphatic heterocycles. The normalized spacial score (nSPS) is 19.4. The Hall–Kier alpha value is -1.55. The average molecular weight is 276 g/mol. The molecule has 1 heterocycles. The predicted molar refractivity (Wildman–Crippen MR) is 79.8 cm³/mol. The maximum Gasteiger partial charge on any atom is 0.222 e. The standard InChI is InChI=1S/C16H24N2O2/c1-14-13-18(11-6-10-17-14)16(19)9-5-12-20-15-7-3-2-4-8-15/h2-4,7-8,14,17H,5-6,9-13H2,1H3. The maximum absolute atomic E-state index is 12.2. The van der Waals surface area contributed by atoms with E-state index in [1.807, 2.05) is 35.2 Å². The first kappa shape index (κ1) is 14.9. The summed E-state index contributed by atoms with van der Waals surface area (Å²) in [5.74, 6) is 1.12. The molecule has 0 aliphatic carbocycles. The molecule has 1 aromatic rings. The van der Waals surface area contributed by atoms with Gasteiger partial charge in [0.05, 0.1) is 6.61 Å². The molecule has 4 heteroatoms. The molecule has 0 spiro atoms. The third-order valence-electron chi connectivity index (χ3n) is 3.49. The van der Waals surface area contributed by atoms with Gasteiger partial charge in [-0.15, -0.1) is 0 Å². The summed E-state index contributed by atoms with van der Waals surface area (Å²) in [6.45, 7) is 5.41. The summed E-state index contributed by atoms with van der Waals surface area (Å²) in [5, 5.41) is 3.40. The van der Waals surface area contributed by atoms with E-state index < -0.39 is 0 Å². The Balaban J connectivity index is 1.67. The molecule has 1 saturated heterocycles. The van der Waals surface area contributed by atoms with Gasteiger partial charge in [0.1, 0.15) is 5.75 Å². The average Bonchev–Trinajstić information content (AvgIpc) is 2.69. The highest BCUT2D eigenvalue weighted by Gasteiger charge is 2.18. The number of nitrogens with one attached hydrogen (secondary N) is 1. The van der Waals surface area contributed by atoms with Crippen LogP contribution in [0.4, 0.5) is 0 Å². The van der Waals surface area contributed by atoms with Crippen LogP contribution in [0.25, 0.3) is 0 Å². The summed E-state index contributed by atoms with van der Waals surface area (Å²) in [6.07, 6.45) is 2.38. The number of hydrogen-bond donors (Lipinski definition) is 1. The van der Waals surface area contributed by atoms with E-state index in [1.54, 1.807) is 0 Å². The van der Waals surface area contributed by atoms with E-state index >= 15 is 0 Å². The number of carbonyl (C=O) groups excluding carboxylic acids is 1. The van der Waals surface area contributed by atoms with E-state index in [1.165, 1.54) is 0 Å². The number of carbonyl (C=O) groups is 1. The Morgan fingerprint density at radius 3 is 3.00 bits per heavy atom. The lowest BCUT2D eigenvalue weighted by Crippen LogP contribution is -2.38. The van der Waals surface area contributed by atoms with Gasteiger partial charge in [-0.2, -0.15) is 0 Å². The van der Waals surface area contributed by atoms with Crippen molar-refractivity contribution in [2.24, 2.45) is 0 Å². The van der Waals surface area contributed by atoms with Crippen LogP contribution < -0.4 is 10.1 Å². The van der Waals surface area contributed by atoms with E-state index in [2.05, 4.69) is 12.2 Å². The molecule has 1 atom stereocenters. The summed E-state index contributed by atoms with van der Waals surface area (Å²) >= 11 is 0. The van der Waals surface area contributed by atoms with Crippen molar-refractivity contribution in [2.75, 3.05) is 26.2 Å². The minimum Gasteiger partial charge on any atom is -0.494 e. The minimum absolute atomic E-state index is 0.247. The molecule has 1 aromatic carbocycles. The van der Waals surface area contributed by atoms with Gasteiger partial charge in [0, 0.05) is 25.6 Å². The van der Waals surface area contributed by atoms with Crippen molar-refractivity contribution in [3.05, 3.63) is 30.3 Å². The van der Waals surface area contributed by atoms with E-state index in [-0.39, 0.29) is 5.91 Å². The number of benzene rings is 1. The van der Waals surface area contributed by atoms with Crippen molar-refractivity contribution in [2.45, 2.75) is 32.2 Å². The first-order valence-electron chi connectivity index (χ1n) is 7.45. The van der Waals surface area contributed by atoms with Crippen molar-refractivity contribution < 1.29 is 9.53 Å². The molecule has 2 rings (SSSR count). The van der Waals surface area contributed by atoms with Crippen LogP contribution in [0.15, 0.2) is 30.3 Å². The Labute approximate surface area is 121 Å². The SMILES string of the molecule is CC1CN(C(=O)CCCOc2ccccc2)CCCN1. The van der Waals surface area contributed by atoms with Crippen LogP contribution in [0.2, 0.25) is 0 Å². The van der Waals surface area contributed by atoms with Crippen molar-refractivity contribution >= 4 is 5.91 Å². The summed E-state index contributed by atoms with van der Waals surface area (Å²) < 4.78 is 5.61. The molecule has 4 nitrogen and oxygen atoms in total. The van der Waals surface area contributed by atoms with Crippen LogP contribution in [0, 0.1) is 0 Å². The lowest BCUT2D eigenvalue weighted by atomic mass is 10.2. The molecule has 1 unspecified atom stereocenters. The molecule has 1 amide bonds. The lowest BCUT2D eigenvalue weighted by molar-refractivity contribution is -0.131. The number of rotatable bonds is 5. The zero-order valence-corrected chi connectivity index (χ0v) is 12.2. The third kappa shape index (κ3) is 4.85. The van der Waals surface area contributed by atoms with E-state index in [9.17, 15) is 4.79 Å². The highest BCUT2D eigenvalue weighted by Crippen LogP contribution is 2.10. The minimum atomic E-state index is 0.247. The second kappa shape index (κ2) is 7.90. The zero-order chi connectivity index (χ0) is 14.2. The molecule has 1 fully saturated rings. The molecule has 0 bridgehead atoms. The molecule has 0 saturated carbocycles. The lowest BCUT2D eigenvalue weighted by Gasteiger charge is -2.22. The van der Waals surface area contributed by atoms with Gasteiger partial charge in [0.2, 0.25) is 5.91 Å². The molecular formula is C16H24N2O2. The van der Waals surface area contributed by atoms with Crippen LogP contribution >= 0.6 is 0 Å². The summed E-state index contributed by atoms with van der Waals surface area (Å²) in [5.41, 5.74) is 0. The van der Waals surface area contributed by atoms with E-state index in [0.29, 0.717) is 19.1 Å². The third-order valence-corrected chi connectivity index (χ3v) is 3.49. The van der Waals surface area contributed by atoms with E-state index in [0.717, 1.165) is 38.2 Å². The van der Waals surface area contributed by atoms with Gasteiger partial charge in [-0.25, -0.2) is 0 Å². The summed E-state index contributed by atoms with van der Waals surface area (Å²) in [7, 11) is 0. The van der Waals surface area contributed by atoms with Crippen molar-refractivity contribution in [3.8, 4) is 5.75 Å². The predicted octanol–water partition coefficient (Wildman–Crippen LogP) is 2.06. The first-order chi connectivity index (χ1) is 9.75. The second-order valence-electron chi connectivity index (χ2n) is 5.31. The Bertz CT molecular complexity index is 408. The van der Waals surface area contributed by atoms with Crippen LogP contribution in [0.3, 0.4) is 0 Å². The second-order valence-corrected chi connectivity index (χ2v) is 5.31. The Morgan fingerprint density at radius 1 is 1.40 bits per heavy atom. The smallest absolute Gasteiger partial charge is 0.222 e. The van der Waals surface area contributed by atoms with Crippen LogP contribution in [0.5, 0.6) is 5.75 Å². The van der Waals surface area contributed by atoms with Gasteiger partial charge in [0.25, 0.3) is 0 Å². The molecule has 0 radical (unpaired) electrons. The molecular weight excluding hydrogens is 252 g/mol. The van der Waals surface area contributed by atoms with Gasteiger partial charge < -0.3 is 15.0 Å². The number of amides is 1. The molecule has 1 aliphatic rings. The van der Waals surface area contributed by atoms with Crippen molar-refractivity contribution in [3.63, 3.8) is 0 Å². The highest BCUT2D eigenvalue weighted by molar-refractivity contribution is 5.76. The molecule has 1 N–H and O–H groups in total.